The van der Waals surface area contributed by atoms with Gasteiger partial charge in [-0.2, -0.15) is 0 Å². The minimum Gasteiger partial charge on any atom is -0.373 e. The number of likely N-dealkylation sites (tertiary alicyclic amines) is 1. The molecule has 2 saturated heterocycles. The van der Waals surface area contributed by atoms with Crippen molar-refractivity contribution in [1.82, 2.24) is 10.2 Å². The van der Waals surface area contributed by atoms with E-state index in [0.29, 0.717) is 17.5 Å². The first-order valence-electron chi connectivity index (χ1n) is 9.19. The van der Waals surface area contributed by atoms with Gasteiger partial charge < -0.3 is 10.1 Å². The van der Waals surface area contributed by atoms with Gasteiger partial charge in [-0.25, -0.2) is 0 Å². The summed E-state index contributed by atoms with van der Waals surface area (Å²) in [6.07, 6.45) is 3.98. The molecule has 23 heavy (non-hydrogen) atoms. The summed E-state index contributed by atoms with van der Waals surface area (Å²) in [5, 5.41) is 3.83. The van der Waals surface area contributed by atoms with Crippen molar-refractivity contribution in [2.75, 3.05) is 26.2 Å². The van der Waals surface area contributed by atoms with E-state index >= 15 is 0 Å². The van der Waals surface area contributed by atoms with Crippen LogP contribution in [0.5, 0.6) is 0 Å². The van der Waals surface area contributed by atoms with Crippen LogP contribution in [0.3, 0.4) is 0 Å². The summed E-state index contributed by atoms with van der Waals surface area (Å²) in [7, 11) is 0. The average molecular weight is 316 g/mol. The average Bonchev–Trinajstić information content (AvgIpc) is 3.02. The minimum absolute atomic E-state index is 0.276. The highest BCUT2D eigenvalue weighted by atomic mass is 16.5. The van der Waals surface area contributed by atoms with Crippen LogP contribution in [0.2, 0.25) is 0 Å². The molecule has 2 aliphatic rings. The second-order valence-electron chi connectivity index (χ2n) is 8.09. The van der Waals surface area contributed by atoms with Crippen LogP contribution >= 0.6 is 0 Å². The Labute approximate surface area is 141 Å². The van der Waals surface area contributed by atoms with Gasteiger partial charge >= 0.3 is 0 Å². The molecule has 1 aromatic rings. The number of rotatable bonds is 4. The van der Waals surface area contributed by atoms with Gasteiger partial charge in [-0.05, 0) is 45.6 Å². The van der Waals surface area contributed by atoms with E-state index in [1.165, 1.54) is 37.9 Å². The lowest BCUT2D eigenvalue weighted by molar-refractivity contribution is 0.0819. The van der Waals surface area contributed by atoms with E-state index in [1.54, 1.807) is 0 Å². The third-order valence-corrected chi connectivity index (χ3v) is 5.45. The number of nitrogens with one attached hydrogen (secondary N) is 1. The van der Waals surface area contributed by atoms with Gasteiger partial charge in [0.2, 0.25) is 0 Å². The zero-order valence-corrected chi connectivity index (χ0v) is 14.9. The van der Waals surface area contributed by atoms with E-state index in [0.717, 1.165) is 13.2 Å². The zero-order valence-electron chi connectivity index (χ0n) is 14.9. The van der Waals surface area contributed by atoms with Crippen molar-refractivity contribution in [3.05, 3.63) is 35.9 Å². The van der Waals surface area contributed by atoms with Gasteiger partial charge in [-0.3, -0.25) is 4.90 Å². The molecule has 1 aromatic carbocycles. The molecular weight excluding hydrogens is 284 g/mol. The number of piperidine rings is 1. The quantitative estimate of drug-likeness (QED) is 0.918. The third kappa shape index (κ3) is 4.34. The molecule has 2 fully saturated rings. The summed E-state index contributed by atoms with van der Waals surface area (Å²) in [5.41, 5.74) is 1.64. The maximum absolute atomic E-state index is 6.01. The van der Waals surface area contributed by atoms with Crippen LogP contribution in [-0.2, 0) is 4.74 Å². The predicted molar refractivity (Wildman–Crippen MR) is 95.6 cm³/mol. The molecule has 1 N–H and O–H groups in total. The smallest absolute Gasteiger partial charge is 0.0866 e. The third-order valence-electron chi connectivity index (χ3n) is 5.45. The normalized spacial score (nSPS) is 27.4. The Morgan fingerprint density at radius 3 is 2.43 bits per heavy atom. The Morgan fingerprint density at radius 2 is 1.78 bits per heavy atom. The number of benzene rings is 1. The molecule has 3 nitrogen and oxygen atoms in total. The first-order chi connectivity index (χ1) is 11.0. The van der Waals surface area contributed by atoms with Gasteiger partial charge in [0.1, 0.15) is 0 Å². The van der Waals surface area contributed by atoms with Gasteiger partial charge in [0.15, 0.2) is 0 Å². The molecule has 2 atom stereocenters. The first-order valence-corrected chi connectivity index (χ1v) is 9.19. The van der Waals surface area contributed by atoms with Gasteiger partial charge in [0.05, 0.1) is 6.10 Å². The van der Waals surface area contributed by atoms with Crippen molar-refractivity contribution in [1.29, 1.82) is 0 Å². The van der Waals surface area contributed by atoms with Crippen LogP contribution in [0.25, 0.3) is 0 Å². The fourth-order valence-corrected chi connectivity index (χ4v) is 3.93. The molecule has 0 amide bonds. The monoisotopic (exact) mass is 316 g/mol. The summed E-state index contributed by atoms with van der Waals surface area (Å²) in [6.45, 7) is 11.4. The second-order valence-corrected chi connectivity index (χ2v) is 8.09. The lowest BCUT2D eigenvalue weighted by Gasteiger charge is -2.41. The molecule has 128 valence electrons. The van der Waals surface area contributed by atoms with Crippen molar-refractivity contribution >= 4 is 0 Å². The van der Waals surface area contributed by atoms with Crippen LogP contribution in [0.1, 0.15) is 51.7 Å². The molecule has 2 heterocycles. The van der Waals surface area contributed by atoms with E-state index in [2.05, 4.69) is 61.3 Å². The Balaban J connectivity index is 1.47. The van der Waals surface area contributed by atoms with Crippen molar-refractivity contribution in [2.24, 2.45) is 5.92 Å². The number of hydrogen-bond donors (Lipinski definition) is 1. The van der Waals surface area contributed by atoms with Gasteiger partial charge in [-0.1, -0.05) is 30.3 Å². The highest BCUT2D eigenvalue weighted by Crippen LogP contribution is 2.34. The molecule has 0 aromatic heterocycles. The Kier molecular flexibility index (Phi) is 5.40. The molecule has 0 aliphatic carbocycles. The first kappa shape index (κ1) is 16.9. The van der Waals surface area contributed by atoms with Crippen molar-refractivity contribution < 1.29 is 4.74 Å². The largest absolute Gasteiger partial charge is 0.373 e. The van der Waals surface area contributed by atoms with Crippen LogP contribution in [0.15, 0.2) is 30.3 Å². The van der Waals surface area contributed by atoms with Crippen molar-refractivity contribution in [3.8, 4) is 0 Å². The molecule has 0 spiro atoms. The lowest BCUT2D eigenvalue weighted by atomic mass is 9.94. The number of hydrogen-bond acceptors (Lipinski definition) is 3. The van der Waals surface area contributed by atoms with E-state index < -0.39 is 0 Å². The van der Waals surface area contributed by atoms with Crippen LogP contribution in [0.4, 0.5) is 0 Å². The summed E-state index contributed by atoms with van der Waals surface area (Å²) in [5.74, 6) is 0.609. The maximum atomic E-state index is 6.01. The van der Waals surface area contributed by atoms with E-state index in [9.17, 15) is 0 Å². The molecular formula is C20H32N2O. The standard InChI is InChI=1S/C20H32N2O/c1-20(2,3)22-12-9-18(10-13-22)21-15-17-11-14-23-19(17)16-7-5-4-6-8-16/h4-8,17-19,21H,9-15H2,1-3H3/t17-,19-/m0/s1. The van der Waals surface area contributed by atoms with Gasteiger partial charge in [-0.15, -0.1) is 0 Å². The number of nitrogens with zero attached hydrogens (tertiary/aromatic N) is 1. The summed E-state index contributed by atoms with van der Waals surface area (Å²) < 4.78 is 6.01. The summed E-state index contributed by atoms with van der Waals surface area (Å²) >= 11 is 0. The predicted octanol–water partition coefficient (Wildman–Crippen LogP) is 3.62. The zero-order chi connectivity index (χ0) is 16.3. The Hall–Kier alpha value is -0.900. The maximum Gasteiger partial charge on any atom is 0.0866 e. The number of ether oxygens (including phenoxy) is 1. The molecule has 0 saturated carbocycles. The molecule has 2 aliphatic heterocycles. The van der Waals surface area contributed by atoms with Crippen molar-refractivity contribution in [2.45, 2.75) is 57.7 Å². The molecule has 0 bridgehead atoms. The summed E-state index contributed by atoms with van der Waals surface area (Å²) in [6, 6.07) is 11.4. The minimum atomic E-state index is 0.276. The van der Waals surface area contributed by atoms with E-state index in [4.69, 9.17) is 4.74 Å². The van der Waals surface area contributed by atoms with Crippen LogP contribution in [0, 0.1) is 5.92 Å². The highest BCUT2D eigenvalue weighted by Gasteiger charge is 2.31. The molecule has 0 radical (unpaired) electrons. The highest BCUT2D eigenvalue weighted by molar-refractivity contribution is 5.19. The second kappa shape index (κ2) is 7.33. The van der Waals surface area contributed by atoms with E-state index in [1.807, 2.05) is 0 Å². The Bertz CT molecular complexity index is 474. The van der Waals surface area contributed by atoms with Crippen LogP contribution < -0.4 is 5.32 Å². The Morgan fingerprint density at radius 1 is 1.09 bits per heavy atom. The SMILES string of the molecule is CC(C)(C)N1CCC(NC[C@@H]2CCO[C@H]2c2ccccc2)CC1. The molecule has 3 rings (SSSR count). The lowest BCUT2D eigenvalue weighted by Crippen LogP contribution is -2.50. The van der Waals surface area contributed by atoms with Crippen LogP contribution in [-0.4, -0.2) is 42.7 Å². The summed E-state index contributed by atoms with van der Waals surface area (Å²) in [4.78, 5) is 2.61. The van der Waals surface area contributed by atoms with Gasteiger partial charge in [0, 0.05) is 43.7 Å². The fourth-order valence-electron chi connectivity index (χ4n) is 3.93. The van der Waals surface area contributed by atoms with E-state index in [-0.39, 0.29) is 6.10 Å². The molecule has 0 unspecified atom stereocenters. The fraction of sp³-hybridized carbons (Fsp3) is 0.700. The van der Waals surface area contributed by atoms with Crippen molar-refractivity contribution in [3.63, 3.8) is 0 Å². The van der Waals surface area contributed by atoms with Gasteiger partial charge in [0.25, 0.3) is 0 Å². The topological polar surface area (TPSA) is 24.5 Å². The molecule has 3 heteroatoms.